The van der Waals surface area contributed by atoms with Gasteiger partial charge >= 0.3 is 0 Å². The standard InChI is InChI=1S/C16H33N3O/c1-5-10-18-15(4,14(17)20)8-11-19-12-9-16(6-2,7-3)13-19/h18H,5-13H2,1-4H3,(H2,17,20). The van der Waals surface area contributed by atoms with Crippen molar-refractivity contribution in [3.8, 4) is 0 Å². The lowest BCUT2D eigenvalue weighted by Gasteiger charge is -2.31. The Morgan fingerprint density at radius 1 is 1.35 bits per heavy atom. The highest BCUT2D eigenvalue weighted by Crippen LogP contribution is 2.37. The van der Waals surface area contributed by atoms with Gasteiger partial charge in [0.25, 0.3) is 0 Å². The molecule has 1 aliphatic rings. The van der Waals surface area contributed by atoms with E-state index in [9.17, 15) is 4.79 Å². The second kappa shape index (κ2) is 7.41. The molecule has 0 aromatic rings. The fourth-order valence-corrected chi connectivity index (χ4v) is 3.13. The second-order valence-electron chi connectivity index (χ2n) is 6.61. The Bertz CT molecular complexity index is 315. The van der Waals surface area contributed by atoms with Crippen LogP contribution in [0, 0.1) is 5.41 Å². The van der Waals surface area contributed by atoms with Crippen molar-refractivity contribution in [2.75, 3.05) is 26.2 Å². The van der Waals surface area contributed by atoms with Gasteiger partial charge in [-0.3, -0.25) is 4.79 Å². The van der Waals surface area contributed by atoms with E-state index in [2.05, 4.69) is 31.0 Å². The molecular weight excluding hydrogens is 250 g/mol. The number of nitrogens with two attached hydrogens (primary N) is 1. The minimum atomic E-state index is -0.570. The van der Waals surface area contributed by atoms with Crippen molar-refractivity contribution in [1.82, 2.24) is 10.2 Å². The smallest absolute Gasteiger partial charge is 0.237 e. The average Bonchev–Trinajstić information content (AvgIpc) is 2.87. The highest BCUT2D eigenvalue weighted by atomic mass is 16.1. The summed E-state index contributed by atoms with van der Waals surface area (Å²) in [6.45, 7) is 12.8. The van der Waals surface area contributed by atoms with Gasteiger partial charge in [0.2, 0.25) is 5.91 Å². The summed E-state index contributed by atoms with van der Waals surface area (Å²) in [6.07, 6.45) is 5.60. The van der Waals surface area contributed by atoms with Gasteiger partial charge in [-0.15, -0.1) is 0 Å². The normalized spacial score (nSPS) is 21.8. The van der Waals surface area contributed by atoms with Gasteiger partial charge in [-0.1, -0.05) is 20.8 Å². The van der Waals surface area contributed by atoms with E-state index in [1.165, 1.54) is 25.8 Å². The van der Waals surface area contributed by atoms with Crippen LogP contribution in [0.15, 0.2) is 0 Å². The molecule has 4 heteroatoms. The first-order valence-electron chi connectivity index (χ1n) is 8.18. The van der Waals surface area contributed by atoms with Crippen molar-refractivity contribution < 1.29 is 4.79 Å². The summed E-state index contributed by atoms with van der Waals surface area (Å²) in [7, 11) is 0. The molecule has 1 atom stereocenters. The van der Waals surface area contributed by atoms with Crippen LogP contribution in [0.3, 0.4) is 0 Å². The average molecular weight is 283 g/mol. The molecule has 1 saturated heterocycles. The third kappa shape index (κ3) is 4.19. The van der Waals surface area contributed by atoms with Crippen LogP contribution < -0.4 is 11.1 Å². The molecule has 20 heavy (non-hydrogen) atoms. The van der Waals surface area contributed by atoms with Crippen molar-refractivity contribution in [3.63, 3.8) is 0 Å². The summed E-state index contributed by atoms with van der Waals surface area (Å²) in [5.41, 5.74) is 5.51. The molecule has 0 radical (unpaired) electrons. The number of carbonyl (C=O) groups excluding carboxylic acids is 1. The number of rotatable bonds is 9. The monoisotopic (exact) mass is 283 g/mol. The zero-order valence-electron chi connectivity index (χ0n) is 13.8. The topological polar surface area (TPSA) is 58.4 Å². The molecule has 0 saturated carbocycles. The summed E-state index contributed by atoms with van der Waals surface area (Å²) < 4.78 is 0. The van der Waals surface area contributed by atoms with Crippen molar-refractivity contribution in [1.29, 1.82) is 0 Å². The zero-order chi connectivity index (χ0) is 15.2. The Morgan fingerprint density at radius 3 is 2.45 bits per heavy atom. The van der Waals surface area contributed by atoms with Crippen LogP contribution in [0.5, 0.6) is 0 Å². The third-order valence-electron chi connectivity index (χ3n) is 5.25. The molecule has 1 aliphatic heterocycles. The first kappa shape index (κ1) is 17.4. The second-order valence-corrected chi connectivity index (χ2v) is 6.61. The van der Waals surface area contributed by atoms with Crippen LogP contribution in [-0.4, -0.2) is 42.5 Å². The van der Waals surface area contributed by atoms with Gasteiger partial charge in [-0.2, -0.15) is 0 Å². The first-order valence-corrected chi connectivity index (χ1v) is 8.18. The molecule has 1 unspecified atom stereocenters. The minimum Gasteiger partial charge on any atom is -0.368 e. The maximum atomic E-state index is 11.7. The molecule has 0 aromatic heterocycles. The van der Waals surface area contributed by atoms with Crippen LogP contribution >= 0.6 is 0 Å². The molecule has 1 fully saturated rings. The molecule has 0 aliphatic carbocycles. The SMILES string of the molecule is CCCNC(C)(CCN1CCC(CC)(CC)C1)C(N)=O. The van der Waals surface area contributed by atoms with Crippen molar-refractivity contribution in [3.05, 3.63) is 0 Å². The maximum absolute atomic E-state index is 11.7. The first-order chi connectivity index (χ1) is 9.41. The van der Waals surface area contributed by atoms with E-state index in [0.717, 1.165) is 32.5 Å². The number of amides is 1. The van der Waals surface area contributed by atoms with Gasteiger partial charge in [0.1, 0.15) is 0 Å². The zero-order valence-corrected chi connectivity index (χ0v) is 13.8. The van der Waals surface area contributed by atoms with E-state index in [1.54, 1.807) is 0 Å². The predicted molar refractivity (Wildman–Crippen MR) is 84.6 cm³/mol. The predicted octanol–water partition coefficient (Wildman–Crippen LogP) is 2.13. The largest absolute Gasteiger partial charge is 0.368 e. The molecule has 4 nitrogen and oxygen atoms in total. The Morgan fingerprint density at radius 2 is 2.00 bits per heavy atom. The Kier molecular flexibility index (Phi) is 6.46. The van der Waals surface area contributed by atoms with Gasteiger partial charge in [0.05, 0.1) is 5.54 Å². The number of nitrogens with one attached hydrogen (secondary N) is 1. The van der Waals surface area contributed by atoms with Crippen LogP contribution in [0.25, 0.3) is 0 Å². The molecule has 0 bridgehead atoms. The summed E-state index contributed by atoms with van der Waals surface area (Å²) in [6, 6.07) is 0. The summed E-state index contributed by atoms with van der Waals surface area (Å²) in [5, 5.41) is 3.32. The Labute approximate surface area is 124 Å². The van der Waals surface area contributed by atoms with Gasteiger partial charge in [-0.25, -0.2) is 0 Å². The number of primary amides is 1. The van der Waals surface area contributed by atoms with Crippen molar-refractivity contribution in [2.45, 2.75) is 65.3 Å². The van der Waals surface area contributed by atoms with Gasteiger partial charge in [0, 0.05) is 13.1 Å². The van der Waals surface area contributed by atoms with Crippen LogP contribution in [0.2, 0.25) is 0 Å². The van der Waals surface area contributed by atoms with Crippen molar-refractivity contribution in [2.24, 2.45) is 11.1 Å². The Hall–Kier alpha value is -0.610. The molecule has 1 heterocycles. The number of carbonyl (C=O) groups is 1. The van der Waals surface area contributed by atoms with Gasteiger partial charge in [-0.05, 0) is 57.5 Å². The highest BCUT2D eigenvalue weighted by molar-refractivity contribution is 5.84. The number of likely N-dealkylation sites (tertiary alicyclic amines) is 1. The van der Waals surface area contributed by atoms with Crippen LogP contribution in [0.1, 0.15) is 59.8 Å². The number of nitrogens with zero attached hydrogens (tertiary/aromatic N) is 1. The molecule has 1 amide bonds. The maximum Gasteiger partial charge on any atom is 0.237 e. The van der Waals surface area contributed by atoms with E-state index in [-0.39, 0.29) is 5.91 Å². The minimum absolute atomic E-state index is 0.234. The number of hydrogen-bond donors (Lipinski definition) is 2. The van der Waals surface area contributed by atoms with E-state index in [0.29, 0.717) is 5.41 Å². The fourth-order valence-electron chi connectivity index (χ4n) is 3.13. The third-order valence-corrected chi connectivity index (χ3v) is 5.25. The molecule has 0 spiro atoms. The van der Waals surface area contributed by atoms with E-state index in [1.807, 2.05) is 6.92 Å². The molecule has 118 valence electrons. The van der Waals surface area contributed by atoms with E-state index >= 15 is 0 Å². The molecule has 1 rings (SSSR count). The van der Waals surface area contributed by atoms with E-state index in [4.69, 9.17) is 5.73 Å². The highest BCUT2D eigenvalue weighted by Gasteiger charge is 2.36. The lowest BCUT2D eigenvalue weighted by atomic mass is 9.82. The number of hydrogen-bond acceptors (Lipinski definition) is 3. The van der Waals surface area contributed by atoms with Gasteiger partial charge < -0.3 is 16.0 Å². The van der Waals surface area contributed by atoms with E-state index < -0.39 is 5.54 Å². The summed E-state index contributed by atoms with van der Waals surface area (Å²) >= 11 is 0. The summed E-state index contributed by atoms with van der Waals surface area (Å²) in [5.74, 6) is -0.234. The van der Waals surface area contributed by atoms with Gasteiger partial charge in [0.15, 0.2) is 0 Å². The quantitative estimate of drug-likeness (QED) is 0.681. The molecular formula is C16H33N3O. The lowest BCUT2D eigenvalue weighted by Crippen LogP contribution is -2.54. The van der Waals surface area contributed by atoms with Crippen molar-refractivity contribution >= 4 is 5.91 Å². The Balaban J connectivity index is 2.51. The summed E-state index contributed by atoms with van der Waals surface area (Å²) in [4.78, 5) is 14.2. The van der Waals surface area contributed by atoms with Crippen LogP contribution in [0.4, 0.5) is 0 Å². The lowest BCUT2D eigenvalue weighted by molar-refractivity contribution is -0.124. The van der Waals surface area contributed by atoms with Crippen LogP contribution in [-0.2, 0) is 4.79 Å². The fraction of sp³-hybridized carbons (Fsp3) is 0.938. The molecule has 0 aromatic carbocycles. The molecule has 3 N–H and O–H groups in total.